The number of allylic oxidation sites excluding steroid dienone is 1. The van der Waals surface area contributed by atoms with E-state index in [-0.39, 0.29) is 17.1 Å². The standard InChI is InChI=1S/C32H34BrN3O2/c1-5-35(6-2)24-17-13-21(14-18-24)30-29-26(19-32(3,4)20-28(29)37)34-25-9-7-8-10-27(25)36(30)31(38)22-11-15-23(33)16-12-22/h7-19,29-30,34H,5-6,20H2,1-4H3/t29-,30+/m0/s1. The van der Waals surface area contributed by atoms with Crippen molar-refractivity contribution in [3.63, 3.8) is 0 Å². The van der Waals surface area contributed by atoms with Crippen molar-refractivity contribution < 1.29 is 9.59 Å². The third-order valence-corrected chi connectivity index (χ3v) is 8.10. The first-order chi connectivity index (χ1) is 18.2. The first-order valence-corrected chi connectivity index (χ1v) is 14.1. The van der Waals surface area contributed by atoms with Crippen molar-refractivity contribution in [2.24, 2.45) is 11.3 Å². The van der Waals surface area contributed by atoms with Gasteiger partial charge in [-0.25, -0.2) is 0 Å². The summed E-state index contributed by atoms with van der Waals surface area (Å²) in [5, 5.41) is 3.57. The molecule has 0 fully saturated rings. The number of nitrogens with zero attached hydrogens (tertiary/aromatic N) is 2. The molecule has 38 heavy (non-hydrogen) atoms. The van der Waals surface area contributed by atoms with Crippen LogP contribution in [-0.2, 0) is 4.79 Å². The van der Waals surface area contributed by atoms with Gasteiger partial charge < -0.3 is 10.2 Å². The molecule has 196 valence electrons. The van der Waals surface area contributed by atoms with Crippen LogP contribution in [0.2, 0.25) is 0 Å². The van der Waals surface area contributed by atoms with Gasteiger partial charge in [-0.15, -0.1) is 0 Å². The Morgan fingerprint density at radius 2 is 1.66 bits per heavy atom. The molecular weight excluding hydrogens is 538 g/mol. The summed E-state index contributed by atoms with van der Waals surface area (Å²) in [7, 11) is 0. The second kappa shape index (κ2) is 10.4. The highest BCUT2D eigenvalue weighted by Crippen LogP contribution is 2.49. The van der Waals surface area contributed by atoms with Crippen LogP contribution < -0.4 is 15.1 Å². The van der Waals surface area contributed by atoms with Gasteiger partial charge in [0.2, 0.25) is 0 Å². The Kier molecular flexibility index (Phi) is 7.19. The summed E-state index contributed by atoms with van der Waals surface area (Å²) < 4.78 is 0.908. The number of rotatable bonds is 5. The molecule has 1 amide bonds. The van der Waals surface area contributed by atoms with Gasteiger partial charge in [-0.1, -0.05) is 60.1 Å². The number of halogens is 1. The number of para-hydroxylation sites is 2. The topological polar surface area (TPSA) is 52.7 Å². The molecule has 1 aliphatic carbocycles. The van der Waals surface area contributed by atoms with Crippen molar-refractivity contribution in [3.8, 4) is 0 Å². The first-order valence-electron chi connectivity index (χ1n) is 13.3. The van der Waals surface area contributed by atoms with Crippen LogP contribution in [0.3, 0.4) is 0 Å². The second-order valence-electron chi connectivity index (χ2n) is 10.7. The SMILES string of the molecule is CCN(CC)c1ccc([C@@H]2[C@@H]3C(=O)CC(C)(C)C=C3Nc3ccccc3N2C(=O)c2ccc(Br)cc2)cc1. The Morgan fingerprint density at radius 3 is 2.32 bits per heavy atom. The van der Waals surface area contributed by atoms with Crippen LogP contribution in [0, 0.1) is 11.3 Å². The van der Waals surface area contributed by atoms with Gasteiger partial charge in [-0.2, -0.15) is 0 Å². The number of carbonyl (C=O) groups excluding carboxylic acids is 2. The van der Waals surface area contributed by atoms with E-state index in [0.717, 1.165) is 45.9 Å². The summed E-state index contributed by atoms with van der Waals surface area (Å²) in [5.41, 5.74) is 4.82. The third kappa shape index (κ3) is 4.90. The van der Waals surface area contributed by atoms with E-state index < -0.39 is 12.0 Å². The normalized spacial score (nSPS) is 20.0. The summed E-state index contributed by atoms with van der Waals surface area (Å²) in [6, 6.07) is 23.1. The molecule has 3 aromatic rings. The van der Waals surface area contributed by atoms with E-state index in [9.17, 15) is 9.59 Å². The number of nitrogens with one attached hydrogen (secondary N) is 1. The Hall–Kier alpha value is -3.38. The quantitative estimate of drug-likeness (QED) is 0.342. The molecule has 0 saturated heterocycles. The Labute approximate surface area is 233 Å². The molecule has 0 saturated carbocycles. The Balaban J connectivity index is 1.73. The van der Waals surface area contributed by atoms with Gasteiger partial charge in [-0.05, 0) is 73.4 Å². The van der Waals surface area contributed by atoms with Crippen LogP contribution in [0.5, 0.6) is 0 Å². The lowest BCUT2D eigenvalue weighted by atomic mass is 9.72. The highest BCUT2D eigenvalue weighted by Gasteiger charge is 2.46. The predicted molar refractivity (Wildman–Crippen MR) is 159 cm³/mol. The molecular formula is C32H34BrN3O2. The number of fused-ring (bicyclic) bond motifs is 2. The summed E-state index contributed by atoms with van der Waals surface area (Å²) in [6.07, 6.45) is 2.61. The van der Waals surface area contributed by atoms with E-state index in [2.05, 4.69) is 84.2 Å². The van der Waals surface area contributed by atoms with Gasteiger partial charge in [0.25, 0.3) is 5.91 Å². The molecule has 1 N–H and O–H groups in total. The summed E-state index contributed by atoms with van der Waals surface area (Å²) in [5.74, 6) is -0.503. The minimum absolute atomic E-state index is 0.136. The highest BCUT2D eigenvalue weighted by molar-refractivity contribution is 9.10. The van der Waals surface area contributed by atoms with Crippen molar-refractivity contribution in [1.82, 2.24) is 0 Å². The molecule has 0 radical (unpaired) electrons. The van der Waals surface area contributed by atoms with Crippen molar-refractivity contribution in [2.75, 3.05) is 28.2 Å². The third-order valence-electron chi connectivity index (χ3n) is 7.57. The van der Waals surface area contributed by atoms with Crippen LogP contribution in [0.1, 0.15) is 56.1 Å². The average molecular weight is 573 g/mol. The monoisotopic (exact) mass is 571 g/mol. The van der Waals surface area contributed by atoms with Gasteiger partial charge in [0.1, 0.15) is 5.78 Å². The smallest absolute Gasteiger partial charge is 0.258 e. The molecule has 0 unspecified atom stereocenters. The summed E-state index contributed by atoms with van der Waals surface area (Å²) >= 11 is 3.48. The van der Waals surface area contributed by atoms with E-state index >= 15 is 0 Å². The fourth-order valence-corrected chi connectivity index (χ4v) is 6.04. The number of hydrogen-bond donors (Lipinski definition) is 1. The largest absolute Gasteiger partial charge is 0.372 e. The van der Waals surface area contributed by atoms with Crippen molar-refractivity contribution in [3.05, 3.63) is 100 Å². The van der Waals surface area contributed by atoms with Crippen molar-refractivity contribution >= 4 is 44.7 Å². The van der Waals surface area contributed by atoms with E-state index in [1.54, 1.807) is 0 Å². The van der Waals surface area contributed by atoms with Crippen LogP contribution in [-0.4, -0.2) is 24.8 Å². The molecule has 6 heteroatoms. The number of carbonyl (C=O) groups is 2. The molecule has 0 bridgehead atoms. The molecule has 5 rings (SSSR count). The molecule has 3 aromatic carbocycles. The van der Waals surface area contributed by atoms with Gasteiger partial charge in [0.05, 0.1) is 23.3 Å². The molecule has 2 aliphatic rings. The van der Waals surface area contributed by atoms with Crippen LogP contribution in [0.15, 0.2) is 89.0 Å². The molecule has 1 aliphatic heterocycles. The molecule has 5 nitrogen and oxygen atoms in total. The van der Waals surface area contributed by atoms with E-state index in [4.69, 9.17) is 0 Å². The lowest BCUT2D eigenvalue weighted by Crippen LogP contribution is -2.43. The second-order valence-corrected chi connectivity index (χ2v) is 11.7. The van der Waals surface area contributed by atoms with E-state index in [1.807, 2.05) is 53.4 Å². The summed E-state index contributed by atoms with van der Waals surface area (Å²) in [4.78, 5) is 32.4. The number of anilines is 3. The van der Waals surface area contributed by atoms with Crippen LogP contribution in [0.25, 0.3) is 0 Å². The molecule has 0 aromatic heterocycles. The molecule has 2 atom stereocenters. The maximum absolute atomic E-state index is 14.3. The van der Waals surface area contributed by atoms with Gasteiger partial charge in [0.15, 0.2) is 0 Å². The number of amides is 1. The minimum atomic E-state index is -0.505. The first kappa shape index (κ1) is 26.2. The van der Waals surface area contributed by atoms with E-state index in [1.165, 1.54) is 0 Å². The van der Waals surface area contributed by atoms with Gasteiger partial charge >= 0.3 is 0 Å². The average Bonchev–Trinajstić information content (AvgIpc) is 3.03. The summed E-state index contributed by atoms with van der Waals surface area (Å²) in [6.45, 7) is 10.3. The lowest BCUT2D eigenvalue weighted by molar-refractivity contribution is -0.124. The van der Waals surface area contributed by atoms with Crippen molar-refractivity contribution in [2.45, 2.75) is 40.2 Å². The molecule has 1 heterocycles. The zero-order valence-electron chi connectivity index (χ0n) is 22.4. The Morgan fingerprint density at radius 1 is 1.00 bits per heavy atom. The maximum Gasteiger partial charge on any atom is 0.258 e. The zero-order chi connectivity index (χ0) is 27.0. The lowest BCUT2D eigenvalue weighted by Gasteiger charge is -2.39. The Bertz CT molecular complexity index is 1370. The van der Waals surface area contributed by atoms with Crippen molar-refractivity contribution in [1.29, 1.82) is 0 Å². The number of benzene rings is 3. The maximum atomic E-state index is 14.3. The fourth-order valence-electron chi connectivity index (χ4n) is 5.78. The highest BCUT2D eigenvalue weighted by atomic mass is 79.9. The van der Waals surface area contributed by atoms with Crippen LogP contribution >= 0.6 is 15.9 Å². The zero-order valence-corrected chi connectivity index (χ0v) is 24.0. The number of Topliss-reactive ketones (excluding diaryl/α,β-unsaturated/α-hetero) is 1. The minimum Gasteiger partial charge on any atom is -0.372 e. The fraction of sp³-hybridized carbons (Fsp3) is 0.312. The molecule has 0 spiro atoms. The number of hydrogen-bond acceptors (Lipinski definition) is 4. The van der Waals surface area contributed by atoms with E-state index in [0.29, 0.717) is 12.0 Å². The van der Waals surface area contributed by atoms with Gasteiger partial charge in [0, 0.05) is 40.9 Å². The van der Waals surface area contributed by atoms with Crippen LogP contribution in [0.4, 0.5) is 17.1 Å². The predicted octanol–water partition coefficient (Wildman–Crippen LogP) is 7.61. The van der Waals surface area contributed by atoms with Gasteiger partial charge in [-0.3, -0.25) is 14.5 Å². The number of ketones is 1.